The number of pyridine rings is 1. The zero-order valence-electron chi connectivity index (χ0n) is 11.0. The van der Waals surface area contributed by atoms with Crippen LogP contribution in [0.2, 0.25) is 0 Å². The van der Waals surface area contributed by atoms with E-state index in [9.17, 15) is 0 Å². The number of H-pyrrole nitrogens is 1. The summed E-state index contributed by atoms with van der Waals surface area (Å²) in [6.07, 6.45) is 4.99. The molecule has 2 aromatic rings. The molecule has 2 aromatic heterocycles. The lowest BCUT2D eigenvalue weighted by Crippen LogP contribution is -2.31. The summed E-state index contributed by atoms with van der Waals surface area (Å²) in [6.45, 7) is 6.64. The van der Waals surface area contributed by atoms with E-state index in [1.807, 2.05) is 12.3 Å². The van der Waals surface area contributed by atoms with Crippen LogP contribution in [-0.4, -0.2) is 14.5 Å². The molecule has 0 saturated carbocycles. The first-order valence-corrected chi connectivity index (χ1v) is 7.54. The number of aromatic nitrogens is 3. The van der Waals surface area contributed by atoms with Gasteiger partial charge in [0.1, 0.15) is 0 Å². The number of imidazole rings is 1. The van der Waals surface area contributed by atoms with Crippen LogP contribution in [0.5, 0.6) is 0 Å². The van der Waals surface area contributed by atoms with Crippen LogP contribution in [-0.2, 0) is 5.54 Å². The van der Waals surface area contributed by atoms with Gasteiger partial charge < -0.3 is 4.98 Å². The van der Waals surface area contributed by atoms with Crippen LogP contribution in [0.3, 0.4) is 0 Å². The van der Waals surface area contributed by atoms with E-state index < -0.39 is 0 Å². The van der Waals surface area contributed by atoms with Gasteiger partial charge in [0.05, 0.1) is 5.52 Å². The normalized spacial score (nSPS) is 12.2. The predicted molar refractivity (Wildman–Crippen MR) is 81.5 cm³/mol. The summed E-state index contributed by atoms with van der Waals surface area (Å²) in [5.74, 6) is 0. The first-order chi connectivity index (χ1) is 8.57. The average Bonchev–Trinajstić information content (AvgIpc) is 2.69. The van der Waals surface area contributed by atoms with Crippen LogP contribution >= 0.6 is 28.1 Å². The highest BCUT2D eigenvalue weighted by atomic mass is 79.9. The topological polar surface area (TPSA) is 33.6 Å². The standard InChI is InChI=1S/C13H18BrN3S/c1-4-13(5-2,6-3)17-11-10(16-12(17)18)7-9(14)8-15-11/h7-8H,4-6H2,1-3H3,(H,16,18). The van der Waals surface area contributed by atoms with Gasteiger partial charge in [0.25, 0.3) is 0 Å². The van der Waals surface area contributed by atoms with Gasteiger partial charge in [-0.25, -0.2) is 4.98 Å². The van der Waals surface area contributed by atoms with Gasteiger partial charge in [-0.2, -0.15) is 0 Å². The summed E-state index contributed by atoms with van der Waals surface area (Å²) in [5.41, 5.74) is 2.01. The Morgan fingerprint density at radius 3 is 2.50 bits per heavy atom. The molecule has 98 valence electrons. The van der Waals surface area contributed by atoms with Gasteiger partial charge in [0.2, 0.25) is 0 Å². The van der Waals surface area contributed by atoms with Gasteiger partial charge >= 0.3 is 0 Å². The maximum atomic E-state index is 5.50. The van der Waals surface area contributed by atoms with Crippen LogP contribution in [0.15, 0.2) is 16.7 Å². The fourth-order valence-corrected chi connectivity index (χ4v) is 3.36. The minimum atomic E-state index is 0.0656. The van der Waals surface area contributed by atoms with E-state index in [2.05, 4.69) is 51.2 Å². The van der Waals surface area contributed by atoms with Crippen LogP contribution in [0.4, 0.5) is 0 Å². The summed E-state index contributed by atoms with van der Waals surface area (Å²) in [6, 6.07) is 2.03. The van der Waals surface area contributed by atoms with Crippen LogP contribution in [0.1, 0.15) is 40.0 Å². The summed E-state index contributed by atoms with van der Waals surface area (Å²) >= 11 is 8.94. The zero-order chi connectivity index (χ0) is 13.3. The lowest BCUT2D eigenvalue weighted by Gasteiger charge is -2.32. The molecule has 1 N–H and O–H groups in total. The van der Waals surface area contributed by atoms with E-state index in [4.69, 9.17) is 12.2 Å². The number of hydrogen-bond acceptors (Lipinski definition) is 2. The first kappa shape index (κ1) is 13.7. The Balaban J connectivity index is 2.77. The maximum absolute atomic E-state index is 5.50. The average molecular weight is 328 g/mol. The fraction of sp³-hybridized carbons (Fsp3) is 0.538. The van der Waals surface area contributed by atoms with Crippen molar-refractivity contribution in [2.45, 2.75) is 45.6 Å². The minimum Gasteiger partial charge on any atom is -0.329 e. The Labute approximate surface area is 121 Å². The lowest BCUT2D eigenvalue weighted by molar-refractivity contribution is 0.254. The van der Waals surface area contributed by atoms with Gasteiger partial charge in [-0.15, -0.1) is 0 Å². The van der Waals surface area contributed by atoms with Crippen molar-refractivity contribution >= 4 is 39.3 Å². The number of nitrogens with one attached hydrogen (secondary N) is 1. The van der Waals surface area contributed by atoms with Crippen molar-refractivity contribution in [2.24, 2.45) is 0 Å². The number of nitrogens with zero attached hydrogens (tertiary/aromatic N) is 2. The molecule has 18 heavy (non-hydrogen) atoms. The molecule has 0 aliphatic heterocycles. The van der Waals surface area contributed by atoms with Crippen LogP contribution in [0.25, 0.3) is 11.2 Å². The monoisotopic (exact) mass is 327 g/mol. The van der Waals surface area contributed by atoms with Gasteiger partial charge in [0, 0.05) is 16.2 Å². The number of hydrogen-bond donors (Lipinski definition) is 1. The second kappa shape index (κ2) is 5.13. The first-order valence-electron chi connectivity index (χ1n) is 6.34. The smallest absolute Gasteiger partial charge is 0.179 e. The molecule has 0 aromatic carbocycles. The Morgan fingerprint density at radius 1 is 1.33 bits per heavy atom. The lowest BCUT2D eigenvalue weighted by atomic mass is 9.89. The summed E-state index contributed by atoms with van der Waals surface area (Å²) in [7, 11) is 0. The highest BCUT2D eigenvalue weighted by molar-refractivity contribution is 9.10. The molecule has 3 nitrogen and oxygen atoms in total. The van der Waals surface area contributed by atoms with Crippen molar-refractivity contribution in [1.29, 1.82) is 0 Å². The van der Waals surface area contributed by atoms with E-state index in [-0.39, 0.29) is 5.54 Å². The number of halogens is 1. The summed E-state index contributed by atoms with van der Waals surface area (Å²) in [5, 5.41) is 0. The number of aromatic amines is 1. The molecule has 0 aliphatic carbocycles. The van der Waals surface area contributed by atoms with E-state index in [1.165, 1.54) is 0 Å². The molecule has 0 atom stereocenters. The SMILES string of the molecule is CCC(CC)(CC)n1c(=S)[nH]c2cc(Br)cnc21. The molecular weight excluding hydrogens is 310 g/mol. The highest BCUT2D eigenvalue weighted by Crippen LogP contribution is 2.32. The quantitative estimate of drug-likeness (QED) is 0.819. The molecule has 0 amide bonds. The van der Waals surface area contributed by atoms with Gasteiger partial charge in [-0.1, -0.05) is 20.8 Å². The van der Waals surface area contributed by atoms with Gasteiger partial charge in [-0.3, -0.25) is 4.57 Å². The number of fused-ring (bicyclic) bond motifs is 1. The molecule has 0 bridgehead atoms. The Kier molecular flexibility index (Phi) is 3.92. The molecule has 2 heterocycles. The molecule has 0 saturated heterocycles. The second-order valence-electron chi connectivity index (χ2n) is 4.58. The molecule has 0 unspecified atom stereocenters. The van der Waals surface area contributed by atoms with Gasteiger partial charge in [-0.05, 0) is 53.5 Å². The molecule has 0 spiro atoms. The van der Waals surface area contributed by atoms with Crippen molar-refractivity contribution in [2.75, 3.05) is 0 Å². The molecular formula is C13H18BrN3S. The Bertz CT molecular complexity index is 602. The summed E-state index contributed by atoms with van der Waals surface area (Å²) in [4.78, 5) is 7.79. The maximum Gasteiger partial charge on any atom is 0.179 e. The number of rotatable bonds is 4. The largest absolute Gasteiger partial charge is 0.329 e. The third-order valence-corrected chi connectivity index (χ3v) is 4.66. The van der Waals surface area contributed by atoms with Crippen molar-refractivity contribution < 1.29 is 0 Å². The van der Waals surface area contributed by atoms with E-state index in [0.717, 1.165) is 39.7 Å². The van der Waals surface area contributed by atoms with Crippen molar-refractivity contribution in [1.82, 2.24) is 14.5 Å². The molecule has 2 rings (SSSR count). The third kappa shape index (κ3) is 2.03. The zero-order valence-corrected chi connectivity index (χ0v) is 13.4. The van der Waals surface area contributed by atoms with E-state index in [1.54, 1.807) is 0 Å². The highest BCUT2D eigenvalue weighted by Gasteiger charge is 2.29. The van der Waals surface area contributed by atoms with Crippen LogP contribution < -0.4 is 0 Å². The Morgan fingerprint density at radius 2 is 1.94 bits per heavy atom. The third-order valence-electron chi connectivity index (χ3n) is 3.94. The van der Waals surface area contributed by atoms with E-state index in [0.29, 0.717) is 0 Å². The fourth-order valence-electron chi connectivity index (χ4n) is 2.63. The molecule has 0 radical (unpaired) electrons. The molecule has 0 aliphatic rings. The minimum absolute atomic E-state index is 0.0656. The van der Waals surface area contributed by atoms with Crippen molar-refractivity contribution in [3.63, 3.8) is 0 Å². The van der Waals surface area contributed by atoms with Crippen molar-refractivity contribution in [3.8, 4) is 0 Å². The predicted octanol–water partition coefficient (Wildman–Crippen LogP) is 4.78. The molecule has 5 heteroatoms. The van der Waals surface area contributed by atoms with Gasteiger partial charge in [0.15, 0.2) is 10.4 Å². The Hall–Kier alpha value is -0.680. The van der Waals surface area contributed by atoms with Crippen LogP contribution in [0, 0.1) is 4.77 Å². The van der Waals surface area contributed by atoms with E-state index >= 15 is 0 Å². The second-order valence-corrected chi connectivity index (χ2v) is 5.88. The molecule has 0 fully saturated rings. The summed E-state index contributed by atoms with van der Waals surface area (Å²) < 4.78 is 3.93. The van der Waals surface area contributed by atoms with Crippen molar-refractivity contribution in [3.05, 3.63) is 21.5 Å².